The second-order valence-electron chi connectivity index (χ2n) is 9.94. The van der Waals surface area contributed by atoms with Gasteiger partial charge < -0.3 is 54.3 Å². The zero-order valence-corrected chi connectivity index (χ0v) is 22.1. The minimum Gasteiger partial charge on any atom is -0.466 e. The molecule has 13 heteroatoms. The van der Waals surface area contributed by atoms with E-state index in [-0.39, 0.29) is 25.9 Å². The van der Waals surface area contributed by atoms with Crippen molar-refractivity contribution >= 4 is 11.9 Å². The maximum Gasteiger partial charge on any atom is 0.305 e. The van der Waals surface area contributed by atoms with Gasteiger partial charge in [0.2, 0.25) is 0 Å². The smallest absolute Gasteiger partial charge is 0.305 e. The number of carbonyl (C=O) groups excluding carboxylic acids is 2. The van der Waals surface area contributed by atoms with Gasteiger partial charge in [-0.25, -0.2) is 0 Å². The largest absolute Gasteiger partial charge is 0.466 e. The van der Waals surface area contributed by atoms with E-state index < -0.39 is 80.0 Å². The third-order valence-corrected chi connectivity index (χ3v) is 6.76. The molecule has 9 atom stereocenters. The molecule has 13 nitrogen and oxygen atoms in total. The second kappa shape index (κ2) is 16.0. The standard InChI is InChI=1S/C25H44O13/c1-3-5-7-9-16(26)34-12-11-25(33)14-36-23(21(31)22(25)32)38-24-20(30)19(29)18(28)15(37-24)13-35-17(27)10-8-6-4-2/h15,18-24,28-33H,3-14H2,1-2H3/t15?,18-,19?,20?,21?,22?,23-,24-,25+/m1/s1. The lowest BCUT2D eigenvalue weighted by atomic mass is 9.88. The Bertz CT molecular complexity index is 721. The van der Waals surface area contributed by atoms with Gasteiger partial charge in [0.15, 0.2) is 12.6 Å². The highest BCUT2D eigenvalue weighted by Crippen LogP contribution is 2.31. The van der Waals surface area contributed by atoms with Crippen LogP contribution in [0.2, 0.25) is 0 Å². The van der Waals surface area contributed by atoms with Gasteiger partial charge in [0.05, 0.1) is 13.2 Å². The van der Waals surface area contributed by atoms with Crippen LogP contribution in [0.25, 0.3) is 0 Å². The predicted molar refractivity (Wildman–Crippen MR) is 129 cm³/mol. The molecule has 2 rings (SSSR count). The lowest BCUT2D eigenvalue weighted by Gasteiger charge is -2.46. The van der Waals surface area contributed by atoms with Crippen LogP contribution in [0.1, 0.15) is 71.6 Å². The van der Waals surface area contributed by atoms with E-state index in [1.54, 1.807) is 0 Å². The summed E-state index contributed by atoms with van der Waals surface area (Å²) in [6.45, 7) is 2.88. The Balaban J connectivity index is 1.88. The van der Waals surface area contributed by atoms with E-state index in [4.69, 9.17) is 23.7 Å². The van der Waals surface area contributed by atoms with E-state index in [0.29, 0.717) is 12.8 Å². The average molecular weight is 553 g/mol. The van der Waals surface area contributed by atoms with Gasteiger partial charge in [-0.05, 0) is 12.8 Å². The van der Waals surface area contributed by atoms with Crippen molar-refractivity contribution in [2.45, 2.75) is 126 Å². The number of unbranched alkanes of at least 4 members (excludes halogenated alkanes) is 4. The fourth-order valence-corrected chi connectivity index (χ4v) is 4.22. The number of ether oxygens (including phenoxy) is 5. The number of hydrogen-bond donors (Lipinski definition) is 6. The molecular weight excluding hydrogens is 508 g/mol. The minimum atomic E-state index is -1.95. The van der Waals surface area contributed by atoms with Crippen LogP contribution in [-0.4, -0.2) is 117 Å². The van der Waals surface area contributed by atoms with Crippen molar-refractivity contribution in [1.29, 1.82) is 0 Å². The number of hydrogen-bond acceptors (Lipinski definition) is 13. The summed E-state index contributed by atoms with van der Waals surface area (Å²) in [5.74, 6) is -0.937. The van der Waals surface area contributed by atoms with Crippen molar-refractivity contribution in [3.05, 3.63) is 0 Å². The highest BCUT2D eigenvalue weighted by Gasteiger charge is 2.52. The Hall–Kier alpha value is -1.42. The van der Waals surface area contributed by atoms with Gasteiger partial charge in [-0.15, -0.1) is 0 Å². The molecule has 6 N–H and O–H groups in total. The van der Waals surface area contributed by atoms with Crippen molar-refractivity contribution < 1.29 is 63.9 Å². The number of aliphatic hydroxyl groups is 6. The summed E-state index contributed by atoms with van der Waals surface area (Å²) in [4.78, 5) is 23.7. The van der Waals surface area contributed by atoms with Crippen molar-refractivity contribution in [3.63, 3.8) is 0 Å². The molecule has 0 spiro atoms. The molecule has 222 valence electrons. The fourth-order valence-electron chi connectivity index (χ4n) is 4.22. The van der Waals surface area contributed by atoms with Crippen LogP contribution < -0.4 is 0 Å². The number of aliphatic hydroxyl groups excluding tert-OH is 5. The molecule has 2 saturated heterocycles. The van der Waals surface area contributed by atoms with Gasteiger partial charge in [0.1, 0.15) is 48.8 Å². The number of carbonyl (C=O) groups is 2. The Labute approximate surface area is 222 Å². The molecule has 0 aromatic heterocycles. The summed E-state index contributed by atoms with van der Waals surface area (Å²) >= 11 is 0. The third kappa shape index (κ3) is 9.35. The van der Waals surface area contributed by atoms with E-state index in [9.17, 15) is 40.2 Å². The summed E-state index contributed by atoms with van der Waals surface area (Å²) in [6, 6.07) is 0. The quantitative estimate of drug-likeness (QED) is 0.110. The molecule has 38 heavy (non-hydrogen) atoms. The minimum absolute atomic E-state index is 0.183. The Morgan fingerprint density at radius 2 is 1.42 bits per heavy atom. The molecule has 0 saturated carbocycles. The van der Waals surface area contributed by atoms with Gasteiger partial charge in [-0.1, -0.05) is 39.5 Å². The van der Waals surface area contributed by atoms with Crippen LogP contribution in [0.3, 0.4) is 0 Å². The lowest BCUT2D eigenvalue weighted by molar-refractivity contribution is -0.374. The van der Waals surface area contributed by atoms with E-state index in [2.05, 4.69) is 0 Å². The van der Waals surface area contributed by atoms with Crippen LogP contribution in [0.5, 0.6) is 0 Å². The van der Waals surface area contributed by atoms with Gasteiger partial charge in [-0.3, -0.25) is 9.59 Å². The first-order valence-corrected chi connectivity index (χ1v) is 13.4. The average Bonchev–Trinajstić information content (AvgIpc) is 2.89. The summed E-state index contributed by atoms with van der Waals surface area (Å²) in [5, 5.41) is 62.6. The molecule has 0 aliphatic carbocycles. The summed E-state index contributed by atoms with van der Waals surface area (Å²) in [5.41, 5.74) is -1.95. The second-order valence-corrected chi connectivity index (χ2v) is 9.94. The van der Waals surface area contributed by atoms with Gasteiger partial charge in [0, 0.05) is 19.3 Å². The summed E-state index contributed by atoms with van der Waals surface area (Å²) in [6.07, 6.45) is -7.94. The van der Waals surface area contributed by atoms with Crippen molar-refractivity contribution in [1.82, 2.24) is 0 Å². The van der Waals surface area contributed by atoms with Gasteiger partial charge >= 0.3 is 11.9 Å². The number of rotatable bonds is 15. The van der Waals surface area contributed by atoms with Crippen LogP contribution in [0.4, 0.5) is 0 Å². The maximum atomic E-state index is 11.9. The summed E-state index contributed by atoms with van der Waals surface area (Å²) < 4.78 is 26.5. The molecule has 2 fully saturated rings. The van der Waals surface area contributed by atoms with Crippen molar-refractivity contribution in [3.8, 4) is 0 Å². The monoisotopic (exact) mass is 552 g/mol. The van der Waals surface area contributed by atoms with E-state index in [1.165, 1.54) is 0 Å². The first-order chi connectivity index (χ1) is 18.0. The molecule has 0 bridgehead atoms. The van der Waals surface area contributed by atoms with E-state index >= 15 is 0 Å². The lowest BCUT2D eigenvalue weighted by Crippen LogP contribution is -2.65. The maximum absolute atomic E-state index is 11.9. The highest BCUT2D eigenvalue weighted by atomic mass is 16.8. The van der Waals surface area contributed by atoms with Crippen molar-refractivity contribution in [2.75, 3.05) is 19.8 Å². The summed E-state index contributed by atoms with van der Waals surface area (Å²) in [7, 11) is 0. The molecule has 0 amide bonds. The normalized spacial score (nSPS) is 35.6. The first kappa shape index (κ1) is 32.8. The molecule has 0 aromatic rings. The van der Waals surface area contributed by atoms with Crippen molar-refractivity contribution in [2.24, 2.45) is 0 Å². The topological polar surface area (TPSA) is 202 Å². The van der Waals surface area contributed by atoms with E-state index in [1.807, 2.05) is 13.8 Å². The third-order valence-electron chi connectivity index (χ3n) is 6.76. The highest BCUT2D eigenvalue weighted by molar-refractivity contribution is 5.69. The Kier molecular flexibility index (Phi) is 13.8. The van der Waals surface area contributed by atoms with Crippen LogP contribution >= 0.6 is 0 Å². The van der Waals surface area contributed by atoms with Crippen LogP contribution in [0, 0.1) is 0 Å². The zero-order valence-electron chi connectivity index (χ0n) is 22.1. The fraction of sp³-hybridized carbons (Fsp3) is 0.920. The molecule has 2 aliphatic rings. The zero-order chi connectivity index (χ0) is 28.3. The van der Waals surface area contributed by atoms with Gasteiger partial charge in [0.25, 0.3) is 0 Å². The Morgan fingerprint density at radius 1 is 0.816 bits per heavy atom. The first-order valence-electron chi connectivity index (χ1n) is 13.4. The molecule has 2 aliphatic heterocycles. The SMILES string of the molecule is CCCCCC(=O)OCC[C@]1(O)CO[C@H](O[C@H]2OC(COC(=O)CCCCC)[C@@H](O)C(O)C2O)C(O)C1O. The molecule has 2 heterocycles. The van der Waals surface area contributed by atoms with E-state index in [0.717, 1.165) is 25.7 Å². The molecular formula is C25H44O13. The van der Waals surface area contributed by atoms with Crippen LogP contribution in [0.15, 0.2) is 0 Å². The predicted octanol–water partition coefficient (Wildman–Crippen LogP) is -0.743. The molecule has 5 unspecified atom stereocenters. The number of esters is 2. The van der Waals surface area contributed by atoms with Crippen LogP contribution in [-0.2, 0) is 33.3 Å². The van der Waals surface area contributed by atoms with Gasteiger partial charge in [-0.2, -0.15) is 0 Å². The Morgan fingerprint density at radius 3 is 2.03 bits per heavy atom. The molecule has 0 aromatic carbocycles. The molecule has 0 radical (unpaired) electrons.